The van der Waals surface area contributed by atoms with Gasteiger partial charge in [0.25, 0.3) is 17.7 Å². The number of carbonyl (C=O) groups excluding carboxylic acids is 3. The van der Waals surface area contributed by atoms with Gasteiger partial charge < -0.3 is 14.8 Å². The zero-order chi connectivity index (χ0) is 23.7. The summed E-state index contributed by atoms with van der Waals surface area (Å²) in [6.45, 7) is 0.931. The molecule has 1 atom stereocenters. The number of fused-ring (bicyclic) bond motifs is 1. The van der Waals surface area contributed by atoms with Crippen molar-refractivity contribution < 1.29 is 23.9 Å². The smallest absolute Gasteiger partial charge is 0.261 e. The van der Waals surface area contributed by atoms with Gasteiger partial charge >= 0.3 is 0 Å². The Morgan fingerprint density at radius 2 is 1.79 bits per heavy atom. The highest BCUT2D eigenvalue weighted by Crippen LogP contribution is 2.31. The fourth-order valence-electron chi connectivity index (χ4n) is 4.10. The van der Waals surface area contributed by atoms with Gasteiger partial charge in [-0.3, -0.25) is 19.3 Å². The van der Waals surface area contributed by atoms with E-state index in [1.54, 1.807) is 54.6 Å². The number of anilines is 1. The average molecular weight is 568 g/mol. The number of nitrogens with zero attached hydrogens (tertiary/aromatic N) is 1. The Kier molecular flexibility index (Phi) is 6.34. The van der Waals surface area contributed by atoms with Crippen molar-refractivity contribution in [2.24, 2.45) is 0 Å². The van der Waals surface area contributed by atoms with Crippen LogP contribution in [-0.4, -0.2) is 41.9 Å². The summed E-state index contributed by atoms with van der Waals surface area (Å²) in [6.07, 6.45) is 1.68. The molecule has 1 saturated heterocycles. The third kappa shape index (κ3) is 4.69. The lowest BCUT2D eigenvalue weighted by atomic mass is 10.1. The summed E-state index contributed by atoms with van der Waals surface area (Å²) in [5, 5.41) is 2.87. The Labute approximate surface area is 210 Å². The highest BCUT2D eigenvalue weighted by atomic mass is 127. The summed E-state index contributed by atoms with van der Waals surface area (Å²) in [5.74, 6) is 0.0683. The second-order valence-electron chi connectivity index (χ2n) is 8.16. The van der Waals surface area contributed by atoms with Crippen LogP contribution in [0.4, 0.5) is 5.69 Å². The van der Waals surface area contributed by atoms with E-state index >= 15 is 0 Å². The van der Waals surface area contributed by atoms with Gasteiger partial charge in [0.2, 0.25) is 0 Å². The second kappa shape index (κ2) is 9.55. The highest BCUT2D eigenvalue weighted by molar-refractivity contribution is 14.1. The van der Waals surface area contributed by atoms with Crippen LogP contribution in [0, 0.1) is 3.57 Å². The molecule has 0 saturated carbocycles. The molecule has 5 rings (SSSR count). The number of hydrogen-bond donors (Lipinski definition) is 1. The van der Waals surface area contributed by atoms with E-state index in [2.05, 4.69) is 27.9 Å². The number of carbonyl (C=O) groups is 3. The molecule has 0 bridgehead atoms. The maximum Gasteiger partial charge on any atom is 0.261 e. The first-order chi connectivity index (χ1) is 16.5. The Bertz CT molecular complexity index is 1290. The minimum absolute atomic E-state index is 0.102. The van der Waals surface area contributed by atoms with Crippen LogP contribution in [0.1, 0.15) is 43.9 Å². The van der Waals surface area contributed by atoms with Crippen LogP contribution in [0.25, 0.3) is 0 Å². The number of amides is 3. The van der Waals surface area contributed by atoms with Gasteiger partial charge in [-0.2, -0.15) is 0 Å². The molecule has 0 radical (unpaired) electrons. The summed E-state index contributed by atoms with van der Waals surface area (Å²) in [5.41, 5.74) is 1.83. The van der Waals surface area contributed by atoms with E-state index in [4.69, 9.17) is 9.47 Å². The summed E-state index contributed by atoms with van der Waals surface area (Å²) in [4.78, 5) is 39.4. The topological polar surface area (TPSA) is 84.9 Å². The van der Waals surface area contributed by atoms with Crippen molar-refractivity contribution >= 4 is 46.0 Å². The Morgan fingerprint density at radius 1 is 1.00 bits per heavy atom. The maximum absolute atomic E-state index is 12.9. The van der Waals surface area contributed by atoms with Crippen LogP contribution in [0.15, 0.2) is 66.7 Å². The first kappa shape index (κ1) is 22.5. The van der Waals surface area contributed by atoms with Crippen molar-refractivity contribution in [2.75, 3.05) is 18.5 Å². The van der Waals surface area contributed by atoms with E-state index in [0.29, 0.717) is 40.5 Å². The first-order valence-electron chi connectivity index (χ1n) is 10.9. The van der Waals surface area contributed by atoms with Crippen molar-refractivity contribution in [2.45, 2.75) is 18.9 Å². The van der Waals surface area contributed by atoms with Gasteiger partial charge in [0.1, 0.15) is 11.5 Å². The molecule has 0 aromatic heterocycles. The largest absolute Gasteiger partial charge is 0.457 e. The average Bonchev–Trinajstić information content (AvgIpc) is 3.42. The summed E-state index contributed by atoms with van der Waals surface area (Å²) >= 11 is 2.16. The van der Waals surface area contributed by atoms with Crippen LogP contribution in [0.5, 0.6) is 11.5 Å². The fourth-order valence-corrected chi connectivity index (χ4v) is 4.64. The second-order valence-corrected chi connectivity index (χ2v) is 9.40. The van der Waals surface area contributed by atoms with Crippen LogP contribution in [0.3, 0.4) is 0 Å². The predicted octanol–water partition coefficient (Wildman–Crippen LogP) is 5.11. The van der Waals surface area contributed by atoms with E-state index in [9.17, 15) is 14.4 Å². The molecule has 3 aromatic carbocycles. The molecule has 2 aliphatic rings. The van der Waals surface area contributed by atoms with Crippen LogP contribution >= 0.6 is 22.6 Å². The molecule has 0 aliphatic carbocycles. The zero-order valence-corrected chi connectivity index (χ0v) is 20.3. The fraction of sp³-hybridized carbons (Fsp3) is 0.192. The van der Waals surface area contributed by atoms with Gasteiger partial charge in [-0.15, -0.1) is 0 Å². The molecular formula is C26H21IN2O5. The van der Waals surface area contributed by atoms with Crippen LogP contribution in [0.2, 0.25) is 0 Å². The van der Waals surface area contributed by atoms with E-state index < -0.39 is 0 Å². The summed E-state index contributed by atoms with van der Waals surface area (Å²) < 4.78 is 12.5. The van der Waals surface area contributed by atoms with Gasteiger partial charge in [0.05, 0.1) is 23.8 Å². The molecule has 0 spiro atoms. The van der Waals surface area contributed by atoms with Crippen molar-refractivity contribution in [1.29, 1.82) is 0 Å². The number of ether oxygens (including phenoxy) is 2. The Balaban J connectivity index is 1.30. The van der Waals surface area contributed by atoms with Gasteiger partial charge in [0.15, 0.2) is 0 Å². The van der Waals surface area contributed by atoms with Crippen LogP contribution in [-0.2, 0) is 4.74 Å². The molecule has 1 fully saturated rings. The third-order valence-electron chi connectivity index (χ3n) is 5.77. The minimum atomic E-state index is -0.334. The van der Waals surface area contributed by atoms with Crippen molar-refractivity contribution in [3.8, 4) is 11.5 Å². The molecule has 3 amide bonds. The van der Waals surface area contributed by atoms with Crippen molar-refractivity contribution in [3.63, 3.8) is 0 Å². The monoisotopic (exact) mass is 568 g/mol. The number of rotatable bonds is 6. The molecule has 7 nitrogen and oxygen atoms in total. The molecule has 34 heavy (non-hydrogen) atoms. The third-order valence-corrected chi connectivity index (χ3v) is 6.44. The summed E-state index contributed by atoms with van der Waals surface area (Å²) in [7, 11) is 0. The van der Waals surface area contributed by atoms with E-state index in [-0.39, 0.29) is 30.4 Å². The van der Waals surface area contributed by atoms with Crippen molar-refractivity contribution in [3.05, 3.63) is 87.0 Å². The predicted molar refractivity (Wildman–Crippen MR) is 134 cm³/mol. The van der Waals surface area contributed by atoms with Gasteiger partial charge in [0, 0.05) is 27.5 Å². The summed E-state index contributed by atoms with van der Waals surface area (Å²) in [6, 6.07) is 19.2. The molecule has 2 aliphatic heterocycles. The maximum atomic E-state index is 12.9. The molecule has 3 aromatic rings. The minimum Gasteiger partial charge on any atom is -0.457 e. The highest BCUT2D eigenvalue weighted by Gasteiger charge is 2.37. The number of halogens is 1. The van der Waals surface area contributed by atoms with Gasteiger partial charge in [-0.25, -0.2) is 0 Å². The van der Waals surface area contributed by atoms with Crippen molar-refractivity contribution in [1.82, 2.24) is 4.90 Å². The zero-order valence-electron chi connectivity index (χ0n) is 18.1. The van der Waals surface area contributed by atoms with Gasteiger partial charge in [-0.05, 0) is 84.0 Å². The normalized spacial score (nSPS) is 17.1. The molecule has 1 unspecified atom stereocenters. The lowest BCUT2D eigenvalue weighted by Gasteiger charge is -2.17. The molecule has 2 heterocycles. The standard InChI is InChI=1S/C26H21IN2O5/c27-17-5-1-4-16(12-17)24(30)28-18-6-2-7-19(13-18)34-20-9-10-22-23(14-20)26(32)29(25(22)31)15-21-8-3-11-33-21/h1-2,4-7,9-10,12-14,21H,3,8,11,15H2,(H,28,30). The van der Waals surface area contributed by atoms with E-state index in [0.717, 1.165) is 16.4 Å². The quantitative estimate of drug-likeness (QED) is 0.330. The first-order valence-corrected chi connectivity index (χ1v) is 12.0. The van der Waals surface area contributed by atoms with E-state index in [1.807, 2.05) is 12.1 Å². The molecule has 8 heteroatoms. The van der Waals surface area contributed by atoms with Gasteiger partial charge in [-0.1, -0.05) is 12.1 Å². The number of benzene rings is 3. The lowest BCUT2D eigenvalue weighted by molar-refractivity contribution is 0.0475. The lowest BCUT2D eigenvalue weighted by Crippen LogP contribution is -2.36. The number of nitrogens with one attached hydrogen (secondary N) is 1. The SMILES string of the molecule is O=C(Nc1cccc(Oc2ccc3c(c2)C(=O)N(CC2CCCO2)C3=O)c1)c1cccc(I)c1. The van der Waals surface area contributed by atoms with Crippen LogP contribution < -0.4 is 10.1 Å². The number of hydrogen-bond acceptors (Lipinski definition) is 5. The Hall–Kier alpha value is -3.24. The molecule has 1 N–H and O–H groups in total. The Morgan fingerprint density at radius 3 is 2.59 bits per heavy atom. The molecule has 172 valence electrons. The number of imide groups is 1. The molecular weight excluding hydrogens is 547 g/mol. The van der Waals surface area contributed by atoms with E-state index in [1.165, 1.54) is 4.90 Å².